The fourth-order valence-electron chi connectivity index (χ4n) is 3.24. The molecule has 2 aromatic rings. The molecule has 2 amide bonds. The second-order valence-corrected chi connectivity index (χ2v) is 9.64. The molecule has 1 aliphatic heterocycles. The van der Waals surface area contributed by atoms with Gasteiger partial charge in [0.05, 0.1) is 10.6 Å². The van der Waals surface area contributed by atoms with Gasteiger partial charge in [0.2, 0.25) is 10.0 Å². The van der Waals surface area contributed by atoms with Gasteiger partial charge in [-0.15, -0.1) is 0 Å². The van der Waals surface area contributed by atoms with Crippen molar-refractivity contribution in [2.75, 3.05) is 37.5 Å². The Kier molecular flexibility index (Phi) is 6.97. The number of nitrogens with one attached hydrogen (secondary N) is 1. The van der Waals surface area contributed by atoms with Crippen LogP contribution < -0.4 is 15.0 Å². The first kappa shape index (κ1) is 22.8. The van der Waals surface area contributed by atoms with E-state index in [0.717, 1.165) is 23.6 Å². The van der Waals surface area contributed by atoms with Gasteiger partial charge in [0.15, 0.2) is 6.61 Å². The lowest BCUT2D eigenvalue weighted by Gasteiger charge is -2.30. The number of hydrogen-bond donors (Lipinski definition) is 1. The molecule has 0 saturated heterocycles. The van der Waals surface area contributed by atoms with Crippen molar-refractivity contribution in [3.63, 3.8) is 0 Å². The summed E-state index contributed by atoms with van der Waals surface area (Å²) >= 11 is 0. The molecule has 0 aliphatic carbocycles. The van der Waals surface area contributed by atoms with E-state index in [9.17, 15) is 18.0 Å². The molecule has 0 unspecified atom stereocenters. The Hall–Kier alpha value is -2.91. The van der Waals surface area contributed by atoms with Crippen LogP contribution in [0.2, 0.25) is 0 Å². The third kappa shape index (κ3) is 5.05. The lowest BCUT2D eigenvalue weighted by molar-refractivity contribution is -0.121. The van der Waals surface area contributed by atoms with Crippen LogP contribution in [0.15, 0.2) is 47.4 Å². The minimum Gasteiger partial charge on any atom is -0.482 e. The van der Waals surface area contributed by atoms with Crippen LogP contribution in [0.25, 0.3) is 0 Å². The van der Waals surface area contributed by atoms with Gasteiger partial charge in [-0.25, -0.2) is 12.7 Å². The van der Waals surface area contributed by atoms with Crippen LogP contribution in [-0.4, -0.2) is 51.8 Å². The van der Waals surface area contributed by atoms with Crippen LogP contribution in [-0.2, 0) is 14.8 Å². The lowest BCUT2D eigenvalue weighted by atomic mass is 10.1. The maximum atomic E-state index is 12.7. The minimum absolute atomic E-state index is 0.00698. The zero-order valence-corrected chi connectivity index (χ0v) is 18.7. The normalized spacial score (nSPS) is 13.7. The van der Waals surface area contributed by atoms with E-state index in [4.69, 9.17) is 4.74 Å². The molecular weight excluding hydrogens is 418 g/mol. The summed E-state index contributed by atoms with van der Waals surface area (Å²) in [5, 5.41) is 2.80. The first-order valence-electron chi connectivity index (χ1n) is 10.1. The summed E-state index contributed by atoms with van der Waals surface area (Å²) in [6.45, 7) is 2.71. The van der Waals surface area contributed by atoms with Gasteiger partial charge >= 0.3 is 0 Å². The highest BCUT2D eigenvalue weighted by atomic mass is 32.2. The van der Waals surface area contributed by atoms with Crippen molar-refractivity contribution in [2.45, 2.75) is 31.1 Å². The molecule has 0 saturated carbocycles. The van der Waals surface area contributed by atoms with Crippen molar-refractivity contribution in [2.24, 2.45) is 0 Å². The molecule has 8 nitrogen and oxygen atoms in total. The topological polar surface area (TPSA) is 96.0 Å². The van der Waals surface area contributed by atoms with E-state index in [2.05, 4.69) is 12.2 Å². The number of carbonyl (C=O) groups excluding carboxylic acids is 2. The minimum atomic E-state index is -3.56. The molecular formula is C22H27N3O5S. The first-order chi connectivity index (χ1) is 14.7. The Labute approximate surface area is 182 Å². The molecule has 0 fully saturated rings. The smallest absolute Gasteiger partial charge is 0.265 e. The first-order valence-corrected chi connectivity index (χ1v) is 11.6. The van der Waals surface area contributed by atoms with E-state index in [1.165, 1.54) is 38.4 Å². The van der Waals surface area contributed by atoms with Gasteiger partial charge in [-0.05, 0) is 48.9 Å². The van der Waals surface area contributed by atoms with Gasteiger partial charge < -0.3 is 15.0 Å². The molecule has 9 heteroatoms. The molecule has 0 bridgehead atoms. The van der Waals surface area contributed by atoms with Crippen molar-refractivity contribution < 1.29 is 22.7 Å². The van der Waals surface area contributed by atoms with E-state index < -0.39 is 10.0 Å². The summed E-state index contributed by atoms with van der Waals surface area (Å²) in [6.07, 6.45) is 2.96. The Morgan fingerprint density at radius 2 is 1.84 bits per heavy atom. The van der Waals surface area contributed by atoms with E-state index >= 15 is 0 Å². The monoisotopic (exact) mass is 445 g/mol. The zero-order chi connectivity index (χ0) is 22.6. The largest absolute Gasteiger partial charge is 0.482 e. The molecule has 1 aliphatic rings. The molecule has 0 spiro atoms. The molecule has 0 aromatic heterocycles. The summed E-state index contributed by atoms with van der Waals surface area (Å²) in [7, 11) is -0.659. The summed E-state index contributed by atoms with van der Waals surface area (Å²) in [6, 6.07) is 10.9. The van der Waals surface area contributed by atoms with E-state index in [1.54, 1.807) is 23.1 Å². The van der Waals surface area contributed by atoms with Gasteiger partial charge in [-0.1, -0.05) is 19.8 Å². The Bertz CT molecular complexity index is 1070. The van der Waals surface area contributed by atoms with Crippen LogP contribution in [0.3, 0.4) is 0 Å². The molecule has 166 valence electrons. The third-order valence-corrected chi connectivity index (χ3v) is 6.87. The van der Waals surface area contributed by atoms with Crippen LogP contribution in [0.1, 0.15) is 36.5 Å². The summed E-state index contributed by atoms with van der Waals surface area (Å²) in [5.41, 5.74) is 1.48. The second-order valence-electron chi connectivity index (χ2n) is 7.49. The number of carbonyl (C=O) groups is 2. The van der Waals surface area contributed by atoms with Crippen molar-refractivity contribution >= 4 is 33.2 Å². The Balaban J connectivity index is 1.77. The maximum Gasteiger partial charge on any atom is 0.265 e. The summed E-state index contributed by atoms with van der Waals surface area (Å²) < 4.78 is 31.0. The molecule has 1 heterocycles. The van der Waals surface area contributed by atoms with Crippen molar-refractivity contribution in [3.8, 4) is 5.75 Å². The van der Waals surface area contributed by atoms with E-state index in [1.807, 2.05) is 0 Å². The molecule has 31 heavy (non-hydrogen) atoms. The predicted molar refractivity (Wildman–Crippen MR) is 119 cm³/mol. The van der Waals surface area contributed by atoms with E-state index in [-0.39, 0.29) is 23.3 Å². The fourth-order valence-corrected chi connectivity index (χ4v) is 4.14. The predicted octanol–water partition coefficient (Wildman–Crippen LogP) is 3.10. The van der Waals surface area contributed by atoms with Gasteiger partial charge in [0.1, 0.15) is 5.75 Å². The average Bonchev–Trinajstić information content (AvgIpc) is 2.75. The summed E-state index contributed by atoms with van der Waals surface area (Å²) in [4.78, 5) is 26.8. The van der Waals surface area contributed by atoms with Gasteiger partial charge in [-0.2, -0.15) is 0 Å². The summed E-state index contributed by atoms with van der Waals surface area (Å²) in [5.74, 6) is 0.117. The van der Waals surface area contributed by atoms with Gasteiger partial charge in [-0.3, -0.25) is 9.59 Å². The van der Waals surface area contributed by atoms with E-state index in [0.29, 0.717) is 29.2 Å². The standard InChI is InChI=1S/C22H27N3O5S/c1-4-5-6-13-25-19-14-17(9-12-20(19)30-15-21(25)26)23-22(27)16-7-10-18(11-8-16)31(28,29)24(2)3/h7-12,14H,4-6,13,15H2,1-3H3,(H,23,27). The second kappa shape index (κ2) is 9.49. The number of rotatable bonds is 8. The van der Waals surface area contributed by atoms with Crippen LogP contribution in [0.4, 0.5) is 11.4 Å². The number of amides is 2. The molecule has 2 aromatic carbocycles. The SMILES string of the molecule is CCCCCN1C(=O)COc2ccc(NC(=O)c3ccc(S(=O)(=O)N(C)C)cc3)cc21. The number of unbranched alkanes of at least 4 members (excludes halogenated alkanes) is 2. The number of sulfonamides is 1. The highest BCUT2D eigenvalue weighted by Crippen LogP contribution is 2.35. The Morgan fingerprint density at radius 1 is 1.13 bits per heavy atom. The van der Waals surface area contributed by atoms with Gasteiger partial charge in [0, 0.05) is 31.9 Å². The number of hydrogen-bond acceptors (Lipinski definition) is 5. The zero-order valence-electron chi connectivity index (χ0n) is 17.9. The molecule has 1 N–H and O–H groups in total. The fraction of sp³-hybridized carbons (Fsp3) is 0.364. The highest BCUT2D eigenvalue weighted by molar-refractivity contribution is 7.89. The molecule has 0 atom stereocenters. The van der Waals surface area contributed by atoms with Crippen molar-refractivity contribution in [1.82, 2.24) is 4.31 Å². The van der Waals surface area contributed by atoms with Crippen LogP contribution >= 0.6 is 0 Å². The maximum absolute atomic E-state index is 12.7. The lowest BCUT2D eigenvalue weighted by Crippen LogP contribution is -2.39. The highest BCUT2D eigenvalue weighted by Gasteiger charge is 2.25. The molecule has 3 rings (SSSR count). The van der Waals surface area contributed by atoms with Crippen LogP contribution in [0.5, 0.6) is 5.75 Å². The Morgan fingerprint density at radius 3 is 2.48 bits per heavy atom. The molecule has 0 radical (unpaired) electrons. The van der Waals surface area contributed by atoms with Gasteiger partial charge in [0.25, 0.3) is 11.8 Å². The average molecular weight is 446 g/mol. The third-order valence-electron chi connectivity index (χ3n) is 5.04. The number of benzene rings is 2. The number of fused-ring (bicyclic) bond motifs is 1. The van der Waals surface area contributed by atoms with Crippen molar-refractivity contribution in [3.05, 3.63) is 48.0 Å². The quantitative estimate of drug-likeness (QED) is 0.630. The van der Waals surface area contributed by atoms with Crippen LogP contribution in [0, 0.1) is 0 Å². The number of anilines is 2. The number of nitrogens with zero attached hydrogens (tertiary/aromatic N) is 2. The number of ether oxygens (including phenoxy) is 1. The van der Waals surface area contributed by atoms with Crippen molar-refractivity contribution in [1.29, 1.82) is 0 Å².